The van der Waals surface area contributed by atoms with E-state index >= 15 is 0 Å². The number of nitrogens with zero attached hydrogens (tertiary/aromatic N) is 1. The van der Waals surface area contributed by atoms with Crippen molar-refractivity contribution in [3.05, 3.63) is 42.0 Å². The van der Waals surface area contributed by atoms with Gasteiger partial charge in [0, 0.05) is 24.2 Å². The van der Waals surface area contributed by atoms with Gasteiger partial charge in [-0.2, -0.15) is 0 Å². The van der Waals surface area contributed by atoms with Crippen LogP contribution in [0.5, 0.6) is 0 Å². The van der Waals surface area contributed by atoms with Crippen LogP contribution in [0.2, 0.25) is 0 Å². The highest BCUT2D eigenvalue weighted by atomic mass is 15.1. The van der Waals surface area contributed by atoms with E-state index in [4.69, 9.17) is 5.73 Å². The van der Waals surface area contributed by atoms with Crippen molar-refractivity contribution in [3.8, 4) is 0 Å². The zero-order chi connectivity index (χ0) is 13.1. The average molecular weight is 232 g/mol. The van der Waals surface area contributed by atoms with Gasteiger partial charge in [-0.15, -0.1) is 0 Å². The van der Waals surface area contributed by atoms with Gasteiger partial charge in [-0.1, -0.05) is 38.1 Å². The van der Waals surface area contributed by atoms with Gasteiger partial charge < -0.3 is 10.6 Å². The Balaban J connectivity index is 2.73. The molecule has 0 atom stereocenters. The first-order chi connectivity index (χ1) is 7.81. The van der Waals surface area contributed by atoms with Crippen molar-refractivity contribution in [2.45, 2.75) is 26.2 Å². The molecule has 2 nitrogen and oxygen atoms in total. The maximum Gasteiger partial charge on any atom is 0.0314 e. The molecule has 1 aromatic carbocycles. The Morgan fingerprint density at radius 1 is 1.29 bits per heavy atom. The topological polar surface area (TPSA) is 29.3 Å². The van der Waals surface area contributed by atoms with Gasteiger partial charge in [0.25, 0.3) is 0 Å². The van der Waals surface area contributed by atoms with Gasteiger partial charge in [0.15, 0.2) is 0 Å². The highest BCUT2D eigenvalue weighted by Crippen LogP contribution is 2.25. The minimum atomic E-state index is 0.123. The number of rotatable bonds is 5. The fourth-order valence-electron chi connectivity index (χ4n) is 2.22. The molecule has 1 aromatic rings. The van der Waals surface area contributed by atoms with E-state index in [0.717, 1.165) is 18.8 Å². The van der Waals surface area contributed by atoms with E-state index in [0.29, 0.717) is 0 Å². The summed E-state index contributed by atoms with van der Waals surface area (Å²) in [6, 6.07) is 8.17. The van der Waals surface area contributed by atoms with E-state index in [1.165, 1.54) is 11.1 Å². The molecular weight excluding hydrogens is 208 g/mol. The van der Waals surface area contributed by atoms with Gasteiger partial charge in [-0.3, -0.25) is 0 Å². The summed E-state index contributed by atoms with van der Waals surface area (Å²) in [6.07, 6.45) is 0. The third-order valence-corrected chi connectivity index (χ3v) is 2.90. The maximum atomic E-state index is 5.72. The number of nitrogens with two attached hydrogens (primary N) is 1. The Hall–Kier alpha value is -1.28. The molecule has 0 saturated carbocycles. The summed E-state index contributed by atoms with van der Waals surface area (Å²) in [7, 11) is 2.13. The van der Waals surface area contributed by atoms with Gasteiger partial charge in [0.1, 0.15) is 0 Å². The molecule has 0 aliphatic carbocycles. The second-order valence-corrected chi connectivity index (χ2v) is 5.64. The fraction of sp³-hybridized carbons (Fsp3) is 0.467. The van der Waals surface area contributed by atoms with Crippen LogP contribution in [0.3, 0.4) is 0 Å². The van der Waals surface area contributed by atoms with Crippen LogP contribution in [0.1, 0.15) is 26.3 Å². The SMILES string of the molecule is C=C(C)CN(C)CC(C)(C)c1ccc(N)cc1. The zero-order valence-corrected chi connectivity index (χ0v) is 11.5. The Bertz CT molecular complexity index is 376. The number of nitrogen functional groups attached to an aromatic ring is 1. The molecule has 94 valence electrons. The molecule has 0 amide bonds. The molecule has 0 radical (unpaired) electrons. The molecule has 0 fully saturated rings. The second kappa shape index (κ2) is 5.37. The summed E-state index contributed by atoms with van der Waals surface area (Å²) in [5.74, 6) is 0. The molecule has 0 bridgehead atoms. The standard InChI is InChI=1S/C15H24N2/c1-12(2)10-17(5)11-15(3,4)13-6-8-14(16)9-7-13/h6-9H,1,10-11,16H2,2-5H3. The summed E-state index contributed by atoms with van der Waals surface area (Å²) >= 11 is 0. The largest absolute Gasteiger partial charge is 0.399 e. The van der Waals surface area contributed by atoms with E-state index < -0.39 is 0 Å². The zero-order valence-electron chi connectivity index (χ0n) is 11.5. The monoisotopic (exact) mass is 232 g/mol. The molecule has 2 heteroatoms. The smallest absolute Gasteiger partial charge is 0.0314 e. The molecular formula is C15H24N2. The molecule has 0 saturated heterocycles. The van der Waals surface area contributed by atoms with Crippen molar-refractivity contribution >= 4 is 5.69 Å². The van der Waals surface area contributed by atoms with E-state index in [1.807, 2.05) is 12.1 Å². The summed E-state index contributed by atoms with van der Waals surface area (Å²) in [5.41, 5.74) is 9.17. The van der Waals surface area contributed by atoms with Crippen LogP contribution >= 0.6 is 0 Å². The van der Waals surface area contributed by atoms with Gasteiger partial charge in [0.05, 0.1) is 0 Å². The van der Waals surface area contributed by atoms with Crippen molar-refractivity contribution in [2.24, 2.45) is 0 Å². The van der Waals surface area contributed by atoms with Crippen LogP contribution in [0.25, 0.3) is 0 Å². The summed E-state index contributed by atoms with van der Waals surface area (Å²) < 4.78 is 0. The van der Waals surface area contributed by atoms with Crippen molar-refractivity contribution in [1.29, 1.82) is 0 Å². The minimum Gasteiger partial charge on any atom is -0.399 e. The first kappa shape index (κ1) is 13.8. The van der Waals surface area contributed by atoms with Crippen LogP contribution in [0.4, 0.5) is 5.69 Å². The Kier molecular flexibility index (Phi) is 4.35. The number of benzene rings is 1. The number of hydrogen-bond donors (Lipinski definition) is 1. The van der Waals surface area contributed by atoms with E-state index in [-0.39, 0.29) is 5.41 Å². The van der Waals surface area contributed by atoms with Gasteiger partial charge in [-0.25, -0.2) is 0 Å². The van der Waals surface area contributed by atoms with Crippen molar-refractivity contribution in [1.82, 2.24) is 4.90 Å². The lowest BCUT2D eigenvalue weighted by Gasteiger charge is -2.31. The quantitative estimate of drug-likeness (QED) is 0.624. The fourth-order valence-corrected chi connectivity index (χ4v) is 2.22. The summed E-state index contributed by atoms with van der Waals surface area (Å²) in [4.78, 5) is 2.30. The summed E-state index contributed by atoms with van der Waals surface area (Å²) in [5, 5.41) is 0. The second-order valence-electron chi connectivity index (χ2n) is 5.64. The molecule has 17 heavy (non-hydrogen) atoms. The molecule has 2 N–H and O–H groups in total. The van der Waals surface area contributed by atoms with E-state index in [9.17, 15) is 0 Å². The van der Waals surface area contributed by atoms with Crippen molar-refractivity contribution in [3.63, 3.8) is 0 Å². The van der Waals surface area contributed by atoms with Gasteiger partial charge >= 0.3 is 0 Å². The predicted molar refractivity (Wildman–Crippen MR) is 76.2 cm³/mol. The lowest BCUT2D eigenvalue weighted by Crippen LogP contribution is -2.35. The van der Waals surface area contributed by atoms with E-state index in [2.05, 4.69) is 51.4 Å². The van der Waals surface area contributed by atoms with Gasteiger partial charge in [-0.05, 0) is 31.7 Å². The highest BCUT2D eigenvalue weighted by Gasteiger charge is 2.22. The molecule has 0 unspecified atom stereocenters. The first-order valence-electron chi connectivity index (χ1n) is 6.00. The minimum absolute atomic E-state index is 0.123. The van der Waals surface area contributed by atoms with Crippen molar-refractivity contribution in [2.75, 3.05) is 25.9 Å². The van der Waals surface area contributed by atoms with Crippen LogP contribution in [-0.2, 0) is 5.41 Å². The third-order valence-electron chi connectivity index (χ3n) is 2.90. The lowest BCUT2D eigenvalue weighted by atomic mass is 9.84. The van der Waals surface area contributed by atoms with Crippen LogP contribution in [0, 0.1) is 0 Å². The Labute approximate surface area is 105 Å². The van der Waals surface area contributed by atoms with Crippen molar-refractivity contribution < 1.29 is 0 Å². The first-order valence-corrected chi connectivity index (χ1v) is 6.00. The normalized spacial score (nSPS) is 11.8. The average Bonchev–Trinajstić information content (AvgIpc) is 2.15. The lowest BCUT2D eigenvalue weighted by molar-refractivity contribution is 0.286. The molecule has 0 aliphatic rings. The number of anilines is 1. The third kappa shape index (κ3) is 4.23. The molecule has 1 rings (SSSR count). The Morgan fingerprint density at radius 2 is 1.82 bits per heavy atom. The Morgan fingerprint density at radius 3 is 2.29 bits per heavy atom. The molecule has 0 heterocycles. The maximum absolute atomic E-state index is 5.72. The molecule has 0 aliphatic heterocycles. The molecule has 0 spiro atoms. The number of likely N-dealkylation sites (N-methyl/N-ethyl adjacent to an activating group) is 1. The summed E-state index contributed by atoms with van der Waals surface area (Å²) in [6.45, 7) is 12.5. The van der Waals surface area contributed by atoms with Crippen LogP contribution < -0.4 is 5.73 Å². The van der Waals surface area contributed by atoms with Crippen LogP contribution in [0.15, 0.2) is 36.4 Å². The van der Waals surface area contributed by atoms with Crippen LogP contribution in [-0.4, -0.2) is 25.0 Å². The van der Waals surface area contributed by atoms with Gasteiger partial charge in [0.2, 0.25) is 0 Å². The number of hydrogen-bond acceptors (Lipinski definition) is 2. The predicted octanol–water partition coefficient (Wildman–Crippen LogP) is 3.05. The van der Waals surface area contributed by atoms with E-state index in [1.54, 1.807) is 0 Å². The molecule has 0 aromatic heterocycles. The highest BCUT2D eigenvalue weighted by molar-refractivity contribution is 5.41.